The highest BCUT2D eigenvalue weighted by molar-refractivity contribution is 7.99. The second kappa shape index (κ2) is 6.49. The Morgan fingerprint density at radius 1 is 1.38 bits per heavy atom. The van der Waals surface area contributed by atoms with Crippen molar-refractivity contribution in [2.75, 3.05) is 18.1 Å². The third kappa shape index (κ3) is 3.26. The molecule has 2 atom stereocenters. The number of rotatable bonds is 2. The normalized spacial score (nSPS) is 26.7. The summed E-state index contributed by atoms with van der Waals surface area (Å²) in [6.07, 6.45) is 4.46. The van der Waals surface area contributed by atoms with Gasteiger partial charge in [-0.2, -0.15) is 11.8 Å². The number of ether oxygens (including phenoxy) is 1. The first-order valence-electron chi connectivity index (χ1n) is 7.84. The highest BCUT2D eigenvalue weighted by Crippen LogP contribution is 2.43. The van der Waals surface area contributed by atoms with E-state index >= 15 is 0 Å². The Morgan fingerprint density at radius 2 is 2.14 bits per heavy atom. The molecule has 2 saturated heterocycles. The summed E-state index contributed by atoms with van der Waals surface area (Å²) in [5.41, 5.74) is 8.88. The maximum absolute atomic E-state index is 6.58. The molecule has 2 fully saturated rings. The third-order valence-corrected chi connectivity index (χ3v) is 6.53. The van der Waals surface area contributed by atoms with Gasteiger partial charge >= 0.3 is 0 Å². The van der Waals surface area contributed by atoms with E-state index in [1.165, 1.54) is 24.3 Å². The predicted molar refractivity (Wildman–Crippen MR) is 91.1 cm³/mol. The number of hydrogen-bond donors (Lipinski definition) is 1. The van der Waals surface area contributed by atoms with Crippen LogP contribution in [0.25, 0.3) is 0 Å². The molecule has 1 aromatic carbocycles. The van der Waals surface area contributed by atoms with Crippen LogP contribution in [0.15, 0.2) is 18.2 Å². The van der Waals surface area contributed by atoms with Crippen LogP contribution in [0.1, 0.15) is 42.9 Å². The van der Waals surface area contributed by atoms with Crippen molar-refractivity contribution >= 4 is 23.4 Å². The van der Waals surface area contributed by atoms with Gasteiger partial charge in [-0.3, -0.25) is 0 Å². The van der Waals surface area contributed by atoms with E-state index < -0.39 is 0 Å². The molecule has 21 heavy (non-hydrogen) atoms. The summed E-state index contributed by atoms with van der Waals surface area (Å²) in [4.78, 5) is 0. The molecule has 2 unspecified atom stereocenters. The fourth-order valence-electron chi connectivity index (χ4n) is 3.65. The minimum absolute atomic E-state index is 0.0211. The number of aryl methyl sites for hydroxylation is 1. The van der Waals surface area contributed by atoms with Gasteiger partial charge in [0.05, 0.1) is 5.60 Å². The van der Waals surface area contributed by atoms with Crippen LogP contribution < -0.4 is 5.73 Å². The molecule has 2 nitrogen and oxygen atoms in total. The molecule has 0 amide bonds. The number of nitrogens with two attached hydrogens (primary N) is 1. The van der Waals surface area contributed by atoms with Gasteiger partial charge < -0.3 is 10.5 Å². The molecular weight excluding hydrogens is 302 g/mol. The molecule has 4 heteroatoms. The van der Waals surface area contributed by atoms with Gasteiger partial charge in [0.15, 0.2) is 0 Å². The minimum Gasteiger partial charge on any atom is -0.375 e. The van der Waals surface area contributed by atoms with Gasteiger partial charge in [0.1, 0.15) is 0 Å². The largest absolute Gasteiger partial charge is 0.375 e. The van der Waals surface area contributed by atoms with E-state index in [2.05, 4.69) is 12.1 Å². The Kier molecular flexibility index (Phi) is 4.84. The zero-order chi connectivity index (χ0) is 14.9. The quantitative estimate of drug-likeness (QED) is 0.878. The van der Waals surface area contributed by atoms with Crippen molar-refractivity contribution in [3.05, 3.63) is 34.3 Å². The number of hydrogen-bond acceptors (Lipinski definition) is 3. The topological polar surface area (TPSA) is 35.2 Å². The van der Waals surface area contributed by atoms with Crippen molar-refractivity contribution in [3.63, 3.8) is 0 Å². The Morgan fingerprint density at radius 3 is 2.90 bits per heavy atom. The summed E-state index contributed by atoms with van der Waals surface area (Å²) in [5, 5.41) is 0.838. The smallest absolute Gasteiger partial charge is 0.0701 e. The standard InChI is InChI=1S/C17H24ClNOS/c1-12-3-2-4-14(15(12)18)16(19)13-5-8-20-17(11-13)6-9-21-10-7-17/h2-4,13,16H,5-11,19H2,1H3. The van der Waals surface area contributed by atoms with Crippen LogP contribution in [-0.4, -0.2) is 23.7 Å². The lowest BCUT2D eigenvalue weighted by Gasteiger charge is -2.45. The Bertz CT molecular complexity index is 496. The summed E-state index contributed by atoms with van der Waals surface area (Å²) < 4.78 is 6.17. The average molecular weight is 326 g/mol. The van der Waals surface area contributed by atoms with Crippen LogP contribution in [0.5, 0.6) is 0 Å². The molecule has 0 bridgehead atoms. The SMILES string of the molecule is Cc1cccc(C(N)C2CCOC3(CCSCC3)C2)c1Cl. The van der Waals surface area contributed by atoms with Crippen LogP contribution >= 0.6 is 23.4 Å². The fraction of sp³-hybridized carbons (Fsp3) is 0.647. The van der Waals surface area contributed by atoms with Crippen LogP contribution in [0.3, 0.4) is 0 Å². The highest BCUT2D eigenvalue weighted by Gasteiger charge is 2.40. The van der Waals surface area contributed by atoms with Crippen LogP contribution in [-0.2, 0) is 4.74 Å². The zero-order valence-corrected chi connectivity index (χ0v) is 14.2. The lowest BCUT2D eigenvalue weighted by molar-refractivity contribution is -0.105. The van der Waals surface area contributed by atoms with E-state index in [1.807, 2.05) is 24.8 Å². The molecule has 1 aromatic rings. The number of thioether (sulfide) groups is 1. The molecule has 2 N–H and O–H groups in total. The molecule has 1 spiro atoms. The molecule has 0 radical (unpaired) electrons. The first-order chi connectivity index (χ1) is 10.1. The maximum Gasteiger partial charge on any atom is 0.0701 e. The van der Waals surface area contributed by atoms with E-state index in [0.717, 1.165) is 35.6 Å². The monoisotopic (exact) mass is 325 g/mol. The van der Waals surface area contributed by atoms with E-state index in [1.54, 1.807) is 0 Å². The van der Waals surface area contributed by atoms with Crippen molar-refractivity contribution in [1.29, 1.82) is 0 Å². The molecule has 3 rings (SSSR count). The van der Waals surface area contributed by atoms with E-state index in [-0.39, 0.29) is 11.6 Å². The molecule has 2 heterocycles. The summed E-state index contributed by atoms with van der Waals surface area (Å²) in [7, 11) is 0. The summed E-state index contributed by atoms with van der Waals surface area (Å²) in [5.74, 6) is 2.90. The first-order valence-corrected chi connectivity index (χ1v) is 9.37. The van der Waals surface area contributed by atoms with Gasteiger partial charge in [0.25, 0.3) is 0 Å². The summed E-state index contributed by atoms with van der Waals surface area (Å²) in [6.45, 7) is 2.88. The van der Waals surface area contributed by atoms with Gasteiger partial charge in [-0.15, -0.1) is 0 Å². The van der Waals surface area contributed by atoms with Crippen molar-refractivity contribution < 1.29 is 4.74 Å². The Hall–Kier alpha value is -0.220. The first kappa shape index (κ1) is 15.7. The predicted octanol–water partition coefficient (Wildman–Crippen LogP) is 4.34. The van der Waals surface area contributed by atoms with Gasteiger partial charge in [0.2, 0.25) is 0 Å². The number of benzene rings is 1. The molecule has 2 aliphatic heterocycles. The van der Waals surface area contributed by atoms with Gasteiger partial charge in [-0.05, 0) is 61.2 Å². The third-order valence-electron chi connectivity index (χ3n) is 5.02. The average Bonchev–Trinajstić information content (AvgIpc) is 2.50. The van der Waals surface area contributed by atoms with Crippen molar-refractivity contribution in [2.24, 2.45) is 11.7 Å². The fourth-order valence-corrected chi connectivity index (χ4v) is 5.13. The summed E-state index contributed by atoms with van der Waals surface area (Å²) >= 11 is 8.51. The second-order valence-corrected chi connectivity index (χ2v) is 8.00. The van der Waals surface area contributed by atoms with Gasteiger partial charge in [-0.25, -0.2) is 0 Å². The molecule has 0 aliphatic carbocycles. The van der Waals surface area contributed by atoms with Gasteiger partial charge in [0, 0.05) is 17.7 Å². The van der Waals surface area contributed by atoms with Gasteiger partial charge in [-0.1, -0.05) is 29.8 Å². The van der Waals surface area contributed by atoms with Crippen molar-refractivity contribution in [3.8, 4) is 0 Å². The molecule has 116 valence electrons. The van der Waals surface area contributed by atoms with Crippen molar-refractivity contribution in [1.82, 2.24) is 0 Å². The van der Waals surface area contributed by atoms with Crippen LogP contribution in [0, 0.1) is 12.8 Å². The lowest BCUT2D eigenvalue weighted by atomic mass is 9.77. The maximum atomic E-state index is 6.58. The lowest BCUT2D eigenvalue weighted by Crippen LogP contribution is -2.45. The highest BCUT2D eigenvalue weighted by atomic mass is 35.5. The summed E-state index contributed by atoms with van der Waals surface area (Å²) in [6, 6.07) is 6.21. The second-order valence-electron chi connectivity index (χ2n) is 6.40. The zero-order valence-electron chi connectivity index (χ0n) is 12.6. The number of halogens is 1. The van der Waals surface area contributed by atoms with E-state index in [4.69, 9.17) is 22.1 Å². The Labute approximate surface area is 136 Å². The van der Waals surface area contributed by atoms with E-state index in [0.29, 0.717) is 5.92 Å². The molecule has 2 aliphatic rings. The van der Waals surface area contributed by atoms with E-state index in [9.17, 15) is 0 Å². The van der Waals surface area contributed by atoms with Crippen LogP contribution in [0.2, 0.25) is 5.02 Å². The molecule has 0 saturated carbocycles. The molecular formula is C17H24ClNOS. The minimum atomic E-state index is 0.0211. The van der Waals surface area contributed by atoms with Crippen molar-refractivity contribution in [2.45, 2.75) is 44.2 Å². The Balaban J connectivity index is 1.78. The molecule has 0 aromatic heterocycles. The van der Waals surface area contributed by atoms with Crippen LogP contribution in [0.4, 0.5) is 0 Å².